The van der Waals surface area contributed by atoms with Gasteiger partial charge in [0.1, 0.15) is 0 Å². The van der Waals surface area contributed by atoms with Crippen LogP contribution in [0.1, 0.15) is 31.2 Å². The van der Waals surface area contributed by atoms with Gasteiger partial charge in [0.05, 0.1) is 7.11 Å². The van der Waals surface area contributed by atoms with E-state index in [0.29, 0.717) is 6.42 Å². The van der Waals surface area contributed by atoms with Crippen LogP contribution in [-0.2, 0) is 16.0 Å². The molecule has 0 heterocycles. The molecule has 0 aliphatic heterocycles. The summed E-state index contributed by atoms with van der Waals surface area (Å²) in [6.07, 6.45) is 4.79. The molecule has 0 aliphatic carbocycles. The Bertz CT molecular complexity index is 319. The Morgan fingerprint density at radius 1 is 1.19 bits per heavy atom. The standard InChI is InChI=1S/C13H17IO2/c1-16-13(15)6-4-2-3-5-11-7-9-12(14)10-8-11/h7-10H,2-6H2,1H3. The molecule has 2 nitrogen and oxygen atoms in total. The average Bonchev–Trinajstić information content (AvgIpc) is 2.31. The molecule has 0 radical (unpaired) electrons. The second-order valence-electron chi connectivity index (χ2n) is 3.76. The maximum atomic E-state index is 10.9. The Kier molecular flexibility index (Phi) is 6.45. The minimum Gasteiger partial charge on any atom is -0.469 e. The topological polar surface area (TPSA) is 26.3 Å². The van der Waals surface area contributed by atoms with Gasteiger partial charge in [-0.1, -0.05) is 18.6 Å². The highest BCUT2D eigenvalue weighted by Gasteiger charge is 1.99. The molecule has 0 N–H and O–H groups in total. The fourth-order valence-corrected chi connectivity index (χ4v) is 1.89. The van der Waals surface area contributed by atoms with Crippen LogP contribution >= 0.6 is 22.6 Å². The molecule has 0 bridgehead atoms. The first-order chi connectivity index (χ1) is 7.72. The highest BCUT2D eigenvalue weighted by atomic mass is 127. The average molecular weight is 332 g/mol. The second-order valence-corrected chi connectivity index (χ2v) is 5.01. The van der Waals surface area contributed by atoms with Crippen molar-refractivity contribution in [1.82, 2.24) is 0 Å². The van der Waals surface area contributed by atoms with Crippen molar-refractivity contribution in [2.45, 2.75) is 32.1 Å². The lowest BCUT2D eigenvalue weighted by atomic mass is 10.1. The molecule has 0 saturated carbocycles. The van der Waals surface area contributed by atoms with Crippen molar-refractivity contribution in [2.75, 3.05) is 7.11 Å². The van der Waals surface area contributed by atoms with Crippen LogP contribution in [0.3, 0.4) is 0 Å². The molecule has 1 aromatic rings. The Labute approximate surface area is 111 Å². The minimum atomic E-state index is -0.103. The third kappa shape index (κ3) is 5.49. The highest BCUT2D eigenvalue weighted by Crippen LogP contribution is 2.11. The molecule has 0 fully saturated rings. The van der Waals surface area contributed by atoms with Crippen molar-refractivity contribution < 1.29 is 9.53 Å². The van der Waals surface area contributed by atoms with E-state index in [1.807, 2.05) is 0 Å². The lowest BCUT2D eigenvalue weighted by Crippen LogP contribution is -1.99. The molecule has 1 rings (SSSR count). The van der Waals surface area contributed by atoms with E-state index in [1.165, 1.54) is 16.2 Å². The van der Waals surface area contributed by atoms with Gasteiger partial charge in [0.2, 0.25) is 0 Å². The summed E-state index contributed by atoms with van der Waals surface area (Å²) < 4.78 is 5.86. The molecular weight excluding hydrogens is 315 g/mol. The molecule has 0 unspecified atom stereocenters. The van der Waals surface area contributed by atoms with E-state index in [1.54, 1.807) is 0 Å². The molecule has 0 atom stereocenters. The number of hydrogen-bond acceptors (Lipinski definition) is 2. The highest BCUT2D eigenvalue weighted by molar-refractivity contribution is 14.1. The summed E-state index contributed by atoms with van der Waals surface area (Å²) in [6.45, 7) is 0. The van der Waals surface area contributed by atoms with Crippen LogP contribution in [0.4, 0.5) is 0 Å². The fourth-order valence-electron chi connectivity index (χ4n) is 1.53. The number of carbonyl (C=O) groups is 1. The fraction of sp³-hybridized carbons (Fsp3) is 0.462. The molecule has 0 aromatic heterocycles. The summed E-state index contributed by atoms with van der Waals surface area (Å²) in [6, 6.07) is 8.60. The van der Waals surface area contributed by atoms with E-state index in [0.717, 1.165) is 25.7 Å². The van der Waals surface area contributed by atoms with Crippen LogP contribution in [0.25, 0.3) is 0 Å². The van der Waals surface area contributed by atoms with Gasteiger partial charge in [-0.15, -0.1) is 0 Å². The maximum absolute atomic E-state index is 10.9. The zero-order valence-electron chi connectivity index (χ0n) is 9.54. The first-order valence-corrected chi connectivity index (χ1v) is 6.61. The van der Waals surface area contributed by atoms with E-state index < -0.39 is 0 Å². The quantitative estimate of drug-likeness (QED) is 0.452. The van der Waals surface area contributed by atoms with Gasteiger partial charge < -0.3 is 4.74 Å². The Morgan fingerprint density at radius 2 is 1.88 bits per heavy atom. The van der Waals surface area contributed by atoms with Crippen molar-refractivity contribution >= 4 is 28.6 Å². The van der Waals surface area contributed by atoms with E-state index in [4.69, 9.17) is 0 Å². The van der Waals surface area contributed by atoms with Crippen LogP contribution in [0.15, 0.2) is 24.3 Å². The van der Waals surface area contributed by atoms with Gasteiger partial charge in [0.15, 0.2) is 0 Å². The van der Waals surface area contributed by atoms with Crippen molar-refractivity contribution in [2.24, 2.45) is 0 Å². The Hall–Kier alpha value is -0.580. The predicted octanol–water partition coefficient (Wildman–Crippen LogP) is 3.57. The molecule has 3 heteroatoms. The smallest absolute Gasteiger partial charge is 0.305 e. The molecule has 0 saturated heterocycles. The summed E-state index contributed by atoms with van der Waals surface area (Å²) in [5, 5.41) is 0. The number of esters is 1. The second kappa shape index (κ2) is 7.65. The van der Waals surface area contributed by atoms with Gasteiger partial charge in [-0.05, 0) is 59.5 Å². The number of carbonyl (C=O) groups excluding carboxylic acids is 1. The monoisotopic (exact) mass is 332 g/mol. The summed E-state index contributed by atoms with van der Waals surface area (Å²) in [5.74, 6) is -0.103. The number of unbranched alkanes of at least 4 members (excludes halogenated alkanes) is 2. The van der Waals surface area contributed by atoms with Crippen LogP contribution in [0.5, 0.6) is 0 Å². The van der Waals surface area contributed by atoms with E-state index in [-0.39, 0.29) is 5.97 Å². The molecule has 0 aliphatic rings. The van der Waals surface area contributed by atoms with Crippen LogP contribution in [0.2, 0.25) is 0 Å². The van der Waals surface area contributed by atoms with E-state index in [2.05, 4.69) is 51.6 Å². The van der Waals surface area contributed by atoms with Crippen LogP contribution < -0.4 is 0 Å². The third-order valence-electron chi connectivity index (χ3n) is 2.49. The molecular formula is C13H17IO2. The number of halogens is 1. The van der Waals surface area contributed by atoms with Crippen molar-refractivity contribution in [1.29, 1.82) is 0 Å². The molecule has 1 aromatic carbocycles. The summed E-state index contributed by atoms with van der Waals surface area (Å²) in [5.41, 5.74) is 1.37. The molecule has 16 heavy (non-hydrogen) atoms. The van der Waals surface area contributed by atoms with Gasteiger partial charge in [0.25, 0.3) is 0 Å². The zero-order valence-corrected chi connectivity index (χ0v) is 11.7. The number of rotatable bonds is 6. The SMILES string of the molecule is COC(=O)CCCCCc1ccc(I)cc1. The Morgan fingerprint density at radius 3 is 2.50 bits per heavy atom. The molecule has 0 amide bonds. The maximum Gasteiger partial charge on any atom is 0.305 e. The van der Waals surface area contributed by atoms with E-state index in [9.17, 15) is 4.79 Å². The van der Waals surface area contributed by atoms with Crippen molar-refractivity contribution in [3.8, 4) is 0 Å². The molecule has 0 spiro atoms. The number of benzene rings is 1. The number of methoxy groups -OCH3 is 1. The predicted molar refractivity (Wildman–Crippen MR) is 73.3 cm³/mol. The third-order valence-corrected chi connectivity index (χ3v) is 3.21. The zero-order chi connectivity index (χ0) is 11.8. The lowest BCUT2D eigenvalue weighted by Gasteiger charge is -2.02. The van der Waals surface area contributed by atoms with Gasteiger partial charge in [-0.25, -0.2) is 0 Å². The first-order valence-electron chi connectivity index (χ1n) is 5.53. The number of ether oxygens (including phenoxy) is 1. The van der Waals surface area contributed by atoms with Crippen molar-refractivity contribution in [3.05, 3.63) is 33.4 Å². The first kappa shape index (κ1) is 13.5. The number of hydrogen-bond donors (Lipinski definition) is 0. The Balaban J connectivity index is 2.11. The lowest BCUT2D eigenvalue weighted by molar-refractivity contribution is -0.140. The van der Waals surface area contributed by atoms with Gasteiger partial charge >= 0.3 is 5.97 Å². The van der Waals surface area contributed by atoms with Gasteiger partial charge in [-0.3, -0.25) is 4.79 Å². The van der Waals surface area contributed by atoms with Crippen molar-refractivity contribution in [3.63, 3.8) is 0 Å². The van der Waals surface area contributed by atoms with Gasteiger partial charge in [-0.2, -0.15) is 0 Å². The van der Waals surface area contributed by atoms with Gasteiger partial charge in [0, 0.05) is 9.99 Å². The minimum absolute atomic E-state index is 0.103. The largest absolute Gasteiger partial charge is 0.469 e. The summed E-state index contributed by atoms with van der Waals surface area (Å²) >= 11 is 2.31. The van der Waals surface area contributed by atoms with E-state index >= 15 is 0 Å². The summed E-state index contributed by atoms with van der Waals surface area (Å²) in [7, 11) is 1.44. The summed E-state index contributed by atoms with van der Waals surface area (Å²) in [4.78, 5) is 10.9. The number of aryl methyl sites for hydroxylation is 1. The molecule has 88 valence electrons. The van der Waals surface area contributed by atoms with Crippen LogP contribution in [0, 0.1) is 3.57 Å². The van der Waals surface area contributed by atoms with Crippen LogP contribution in [-0.4, -0.2) is 13.1 Å². The normalized spacial score (nSPS) is 10.1.